The van der Waals surface area contributed by atoms with Crippen molar-refractivity contribution in [2.75, 3.05) is 13.2 Å². The number of aromatic nitrogens is 3. The van der Waals surface area contributed by atoms with Crippen molar-refractivity contribution in [3.63, 3.8) is 0 Å². The lowest BCUT2D eigenvalue weighted by molar-refractivity contribution is 0.139. The molecule has 1 unspecified atom stereocenters. The predicted octanol–water partition coefficient (Wildman–Crippen LogP) is 4.93. The number of pyridine rings is 1. The second-order valence-corrected chi connectivity index (χ2v) is 8.76. The molecule has 8 nitrogen and oxygen atoms in total. The van der Waals surface area contributed by atoms with Crippen molar-refractivity contribution in [3.05, 3.63) is 94.7 Å². The Balaban J connectivity index is 1.51. The van der Waals surface area contributed by atoms with Crippen LogP contribution < -0.4 is 15.6 Å². The number of carbonyl (C=O) groups is 1. The van der Waals surface area contributed by atoms with Crippen molar-refractivity contribution in [1.29, 1.82) is 0 Å². The van der Waals surface area contributed by atoms with E-state index >= 15 is 0 Å². The number of hydrogen-bond acceptors (Lipinski definition) is 6. The van der Waals surface area contributed by atoms with Crippen LogP contribution in [0.15, 0.2) is 77.7 Å². The van der Waals surface area contributed by atoms with Crippen LogP contribution in [0.2, 0.25) is 0 Å². The minimum absolute atomic E-state index is 0.194. The third-order valence-corrected chi connectivity index (χ3v) is 6.10. The number of nitrogens with one attached hydrogen (secondary N) is 1. The predicted molar refractivity (Wildman–Crippen MR) is 137 cm³/mol. The maximum atomic E-state index is 13.4. The maximum Gasteiger partial charge on any atom is 0.407 e. The minimum Gasteiger partial charge on any atom is -0.494 e. The van der Waals surface area contributed by atoms with Gasteiger partial charge in [0.1, 0.15) is 18.2 Å². The number of hydrogen-bond donors (Lipinski definition) is 1. The topological polar surface area (TPSA) is 95.3 Å². The molecule has 0 bridgehead atoms. The molecule has 0 spiro atoms. The summed E-state index contributed by atoms with van der Waals surface area (Å²) < 4.78 is 12.3. The number of amides is 1. The Bertz CT molecular complexity index is 1340. The first-order valence-electron chi connectivity index (χ1n) is 11.3. The zero-order valence-corrected chi connectivity index (χ0v) is 20.8. The molecule has 0 aliphatic rings. The number of halogens is 1. The number of alkyl halides is 1. The van der Waals surface area contributed by atoms with Gasteiger partial charge >= 0.3 is 6.09 Å². The average molecular weight is 537 g/mol. The highest BCUT2D eigenvalue weighted by Crippen LogP contribution is 2.27. The minimum atomic E-state index is -0.509. The molecule has 1 N–H and O–H groups in total. The van der Waals surface area contributed by atoms with Gasteiger partial charge in [0.05, 0.1) is 22.5 Å². The lowest BCUT2D eigenvalue weighted by Gasteiger charge is -2.18. The van der Waals surface area contributed by atoms with E-state index in [9.17, 15) is 9.59 Å². The number of rotatable bonds is 9. The van der Waals surface area contributed by atoms with Gasteiger partial charge in [0.15, 0.2) is 5.65 Å². The van der Waals surface area contributed by atoms with Crippen LogP contribution >= 0.6 is 15.9 Å². The zero-order chi connectivity index (χ0) is 24.6. The highest BCUT2D eigenvalue weighted by molar-refractivity contribution is 9.09. The highest BCUT2D eigenvalue weighted by Gasteiger charge is 2.20. The number of carbonyl (C=O) groups excluding carboxylic acids is 1. The normalized spacial score (nSPS) is 11.7. The van der Waals surface area contributed by atoms with Crippen molar-refractivity contribution in [2.45, 2.75) is 24.8 Å². The highest BCUT2D eigenvalue weighted by atomic mass is 79.9. The van der Waals surface area contributed by atoms with Gasteiger partial charge in [0, 0.05) is 12.7 Å². The number of benzene rings is 2. The Morgan fingerprint density at radius 3 is 2.60 bits per heavy atom. The largest absolute Gasteiger partial charge is 0.494 e. The summed E-state index contributed by atoms with van der Waals surface area (Å²) in [6.45, 7) is 2.98. The number of nitrogens with zero attached hydrogens (tertiary/aromatic N) is 3. The van der Waals surface area contributed by atoms with Gasteiger partial charge in [0.25, 0.3) is 5.56 Å². The molecule has 2 heterocycles. The lowest BCUT2D eigenvalue weighted by Crippen LogP contribution is -2.28. The molecule has 0 aliphatic carbocycles. The second-order valence-electron chi connectivity index (χ2n) is 7.66. The second kappa shape index (κ2) is 11.6. The maximum absolute atomic E-state index is 13.4. The van der Waals surface area contributed by atoms with Crippen molar-refractivity contribution in [3.8, 4) is 11.4 Å². The van der Waals surface area contributed by atoms with E-state index in [-0.39, 0.29) is 17.0 Å². The van der Waals surface area contributed by atoms with Crippen molar-refractivity contribution < 1.29 is 14.3 Å². The van der Waals surface area contributed by atoms with E-state index in [1.54, 1.807) is 22.9 Å². The molecular formula is C26H25BrN4O4. The zero-order valence-electron chi connectivity index (χ0n) is 19.2. The number of alkyl carbamates (subject to hydrolysis) is 1. The first-order valence-corrected chi connectivity index (χ1v) is 12.2. The summed E-state index contributed by atoms with van der Waals surface area (Å²) in [5.41, 5.74) is 1.72. The van der Waals surface area contributed by atoms with E-state index in [1.807, 2.05) is 61.5 Å². The summed E-state index contributed by atoms with van der Waals surface area (Å²) >= 11 is 3.65. The van der Waals surface area contributed by atoms with Crippen LogP contribution in [0, 0.1) is 0 Å². The molecule has 2 aromatic heterocycles. The summed E-state index contributed by atoms with van der Waals surface area (Å²) in [7, 11) is 0. The van der Waals surface area contributed by atoms with Crippen LogP contribution in [0.25, 0.3) is 16.7 Å². The fourth-order valence-electron chi connectivity index (χ4n) is 3.56. The van der Waals surface area contributed by atoms with Gasteiger partial charge in [-0.3, -0.25) is 9.36 Å². The molecule has 0 saturated carbocycles. The molecule has 9 heteroatoms. The monoisotopic (exact) mass is 536 g/mol. The van der Waals surface area contributed by atoms with Crippen molar-refractivity contribution in [2.24, 2.45) is 0 Å². The summed E-state index contributed by atoms with van der Waals surface area (Å²) in [6, 6.07) is 20.2. The molecule has 0 radical (unpaired) electrons. The van der Waals surface area contributed by atoms with Crippen LogP contribution in [0.3, 0.4) is 0 Å². The van der Waals surface area contributed by atoms with Gasteiger partial charge in [-0.25, -0.2) is 14.8 Å². The Morgan fingerprint density at radius 2 is 1.86 bits per heavy atom. The third kappa shape index (κ3) is 6.05. The van der Waals surface area contributed by atoms with E-state index in [0.29, 0.717) is 42.1 Å². The Kier molecular flexibility index (Phi) is 8.10. The van der Waals surface area contributed by atoms with Gasteiger partial charge in [0.2, 0.25) is 0 Å². The molecule has 2 aromatic carbocycles. The summed E-state index contributed by atoms with van der Waals surface area (Å²) in [5.74, 6) is 1.21. The summed E-state index contributed by atoms with van der Waals surface area (Å²) in [5, 5.41) is 3.17. The van der Waals surface area contributed by atoms with Crippen LogP contribution in [-0.2, 0) is 11.3 Å². The van der Waals surface area contributed by atoms with E-state index in [2.05, 4.69) is 31.2 Å². The van der Waals surface area contributed by atoms with Gasteiger partial charge in [-0.1, -0.05) is 46.3 Å². The Labute approximate surface area is 211 Å². The van der Waals surface area contributed by atoms with Gasteiger partial charge in [-0.15, -0.1) is 0 Å². The van der Waals surface area contributed by atoms with Crippen LogP contribution in [0.5, 0.6) is 5.75 Å². The lowest BCUT2D eigenvalue weighted by atomic mass is 10.2. The molecular weight excluding hydrogens is 512 g/mol. The average Bonchev–Trinajstić information content (AvgIpc) is 2.89. The van der Waals surface area contributed by atoms with Gasteiger partial charge < -0.3 is 14.8 Å². The first-order chi connectivity index (χ1) is 17.1. The van der Waals surface area contributed by atoms with Crippen molar-refractivity contribution in [1.82, 2.24) is 19.9 Å². The molecule has 0 saturated heterocycles. The summed E-state index contributed by atoms with van der Waals surface area (Å²) in [6.07, 6.45) is 1.57. The number of ether oxygens (including phenoxy) is 2. The van der Waals surface area contributed by atoms with Crippen LogP contribution in [0.4, 0.5) is 4.79 Å². The molecule has 4 rings (SSSR count). The van der Waals surface area contributed by atoms with Gasteiger partial charge in [-0.05, 0) is 55.3 Å². The third-order valence-electron chi connectivity index (χ3n) is 5.24. The summed E-state index contributed by atoms with van der Waals surface area (Å²) in [4.78, 5) is 34.1. The Morgan fingerprint density at radius 1 is 1.09 bits per heavy atom. The van der Waals surface area contributed by atoms with E-state index in [4.69, 9.17) is 9.47 Å². The molecule has 35 heavy (non-hydrogen) atoms. The molecule has 4 aromatic rings. The molecule has 1 amide bonds. The Hall–Kier alpha value is -3.72. The fourth-order valence-corrected chi connectivity index (χ4v) is 4.09. The van der Waals surface area contributed by atoms with Crippen molar-refractivity contribution >= 4 is 33.1 Å². The molecule has 1 atom stereocenters. The van der Waals surface area contributed by atoms with Crippen LogP contribution in [0.1, 0.15) is 29.6 Å². The molecule has 0 aliphatic heterocycles. The van der Waals surface area contributed by atoms with E-state index in [1.165, 1.54) is 0 Å². The van der Waals surface area contributed by atoms with Gasteiger partial charge in [-0.2, -0.15) is 0 Å². The number of fused-ring (bicyclic) bond motifs is 1. The quantitative estimate of drug-likeness (QED) is 0.304. The molecule has 180 valence electrons. The molecule has 0 fully saturated rings. The first kappa shape index (κ1) is 24.4. The van der Waals surface area contributed by atoms with E-state index < -0.39 is 6.09 Å². The SMILES string of the molecule is CCOc1ccc(-n2c(C(Br)CCNC(=O)OCc3ccccc3)nc3ncccc3c2=O)cc1. The fraction of sp³-hybridized carbons (Fsp3) is 0.231. The standard InChI is InChI=1S/C26H25BrN4O4/c1-2-34-20-12-10-19(11-13-20)31-24(30-23-21(25(31)32)9-6-15-28-23)22(27)14-16-29-26(33)35-17-18-7-4-3-5-8-18/h3-13,15,22H,2,14,16-17H2,1H3,(H,29,33). The van der Waals surface area contributed by atoms with E-state index in [0.717, 1.165) is 11.3 Å². The van der Waals surface area contributed by atoms with Crippen LogP contribution in [-0.4, -0.2) is 33.8 Å². The smallest absolute Gasteiger partial charge is 0.407 e.